The van der Waals surface area contributed by atoms with Crippen molar-refractivity contribution in [2.45, 2.75) is 37.5 Å². The molecule has 1 N–H and O–H groups in total. The number of aryl methyl sites for hydroxylation is 1. The highest BCUT2D eigenvalue weighted by Crippen LogP contribution is 2.22. The quantitative estimate of drug-likeness (QED) is 0.701. The maximum atomic E-state index is 12.9. The summed E-state index contributed by atoms with van der Waals surface area (Å²) in [5, 5.41) is 2.91. The molecule has 0 unspecified atom stereocenters. The molecule has 2 fully saturated rings. The van der Waals surface area contributed by atoms with Gasteiger partial charge in [-0.1, -0.05) is 25.0 Å². The highest BCUT2D eigenvalue weighted by molar-refractivity contribution is 7.89. The van der Waals surface area contributed by atoms with E-state index in [-0.39, 0.29) is 10.8 Å². The van der Waals surface area contributed by atoms with Crippen LogP contribution in [0.2, 0.25) is 0 Å². The molecule has 0 aliphatic carbocycles. The Morgan fingerprint density at radius 3 is 2.18 bits per heavy atom. The van der Waals surface area contributed by atoms with Gasteiger partial charge in [0.2, 0.25) is 15.9 Å². The van der Waals surface area contributed by atoms with Crippen molar-refractivity contribution in [1.82, 2.24) is 9.21 Å². The Hall–Kier alpha value is -2.42. The molecule has 7 nitrogen and oxygen atoms in total. The molecule has 2 aromatic carbocycles. The number of benzene rings is 2. The molecule has 33 heavy (non-hydrogen) atoms. The second kappa shape index (κ2) is 10.7. The summed E-state index contributed by atoms with van der Waals surface area (Å²) in [5.41, 5.74) is 3.10. The molecule has 2 aromatic rings. The van der Waals surface area contributed by atoms with Crippen molar-refractivity contribution in [1.29, 1.82) is 0 Å². The monoisotopic (exact) mass is 470 g/mol. The Morgan fingerprint density at radius 1 is 0.879 bits per heavy atom. The first-order chi connectivity index (χ1) is 15.9. The molecule has 2 saturated heterocycles. The van der Waals surface area contributed by atoms with Crippen LogP contribution in [0.15, 0.2) is 53.4 Å². The van der Waals surface area contributed by atoms with Gasteiger partial charge >= 0.3 is 0 Å². The molecule has 4 rings (SSSR count). The van der Waals surface area contributed by atoms with E-state index in [2.05, 4.69) is 46.3 Å². The maximum Gasteiger partial charge on any atom is 0.243 e. The summed E-state index contributed by atoms with van der Waals surface area (Å²) < 4.78 is 27.4. The van der Waals surface area contributed by atoms with E-state index in [4.69, 9.17) is 0 Å². The summed E-state index contributed by atoms with van der Waals surface area (Å²) >= 11 is 0. The van der Waals surface area contributed by atoms with Crippen molar-refractivity contribution >= 4 is 27.3 Å². The minimum atomic E-state index is -3.48. The molecule has 2 aliphatic heterocycles. The minimum absolute atomic E-state index is 0.0814. The SMILES string of the molecule is Cc1cccc(N2CCN(CC(=O)Nc3ccc(S(=O)(=O)N4CCCCCC4)cc3)CC2)c1. The fraction of sp³-hybridized carbons (Fsp3) is 0.480. The third-order valence-electron chi connectivity index (χ3n) is 6.45. The smallest absolute Gasteiger partial charge is 0.243 e. The zero-order valence-electron chi connectivity index (χ0n) is 19.4. The van der Waals surface area contributed by atoms with Gasteiger partial charge in [-0.25, -0.2) is 8.42 Å². The molecular formula is C25H34N4O3S. The summed E-state index contributed by atoms with van der Waals surface area (Å²) in [7, 11) is -3.48. The van der Waals surface area contributed by atoms with Gasteiger partial charge in [-0.3, -0.25) is 9.69 Å². The summed E-state index contributed by atoms with van der Waals surface area (Å²) in [5.74, 6) is -0.0814. The number of carbonyl (C=O) groups excluding carboxylic acids is 1. The van der Waals surface area contributed by atoms with E-state index in [0.717, 1.165) is 51.9 Å². The minimum Gasteiger partial charge on any atom is -0.369 e. The zero-order chi connectivity index (χ0) is 23.3. The predicted molar refractivity (Wildman–Crippen MR) is 132 cm³/mol. The van der Waals surface area contributed by atoms with Crippen LogP contribution < -0.4 is 10.2 Å². The Kier molecular flexibility index (Phi) is 7.67. The largest absolute Gasteiger partial charge is 0.369 e. The summed E-state index contributed by atoms with van der Waals surface area (Å²) in [4.78, 5) is 17.3. The number of anilines is 2. The van der Waals surface area contributed by atoms with Gasteiger partial charge < -0.3 is 10.2 Å². The number of rotatable bonds is 6. The van der Waals surface area contributed by atoms with E-state index in [1.54, 1.807) is 28.6 Å². The predicted octanol–water partition coefficient (Wildman–Crippen LogP) is 3.32. The van der Waals surface area contributed by atoms with Crippen LogP contribution in [-0.4, -0.2) is 69.3 Å². The molecule has 178 valence electrons. The second-order valence-electron chi connectivity index (χ2n) is 8.99. The average Bonchev–Trinajstić information content (AvgIpc) is 3.10. The maximum absolute atomic E-state index is 12.9. The Balaban J connectivity index is 1.28. The lowest BCUT2D eigenvalue weighted by Crippen LogP contribution is -2.48. The summed E-state index contributed by atoms with van der Waals surface area (Å²) in [6, 6.07) is 15.0. The van der Waals surface area contributed by atoms with Crippen LogP contribution in [0.1, 0.15) is 31.2 Å². The van der Waals surface area contributed by atoms with Gasteiger partial charge in [-0.15, -0.1) is 0 Å². The molecule has 2 aliphatic rings. The molecule has 0 spiro atoms. The lowest BCUT2D eigenvalue weighted by atomic mass is 10.2. The third-order valence-corrected chi connectivity index (χ3v) is 8.36. The molecule has 0 aromatic heterocycles. The van der Waals surface area contributed by atoms with Gasteiger partial charge in [0.1, 0.15) is 0 Å². The number of hydrogen-bond acceptors (Lipinski definition) is 5. The van der Waals surface area contributed by atoms with Gasteiger partial charge in [0.15, 0.2) is 0 Å². The first-order valence-electron chi connectivity index (χ1n) is 11.9. The fourth-order valence-corrected chi connectivity index (χ4v) is 6.05. The van der Waals surface area contributed by atoms with E-state index >= 15 is 0 Å². The average molecular weight is 471 g/mol. The number of amides is 1. The van der Waals surface area contributed by atoms with Gasteiger partial charge in [-0.05, 0) is 61.7 Å². The number of carbonyl (C=O) groups is 1. The van der Waals surface area contributed by atoms with Crippen LogP contribution in [0.4, 0.5) is 11.4 Å². The Labute approximate surface area is 197 Å². The van der Waals surface area contributed by atoms with Crippen LogP contribution in [0, 0.1) is 6.92 Å². The van der Waals surface area contributed by atoms with Crippen molar-refractivity contribution < 1.29 is 13.2 Å². The molecule has 0 radical (unpaired) electrons. The van der Waals surface area contributed by atoms with Crippen molar-refractivity contribution in [3.8, 4) is 0 Å². The lowest BCUT2D eigenvalue weighted by molar-refractivity contribution is -0.117. The number of sulfonamides is 1. The van der Waals surface area contributed by atoms with E-state index in [1.807, 2.05) is 0 Å². The molecule has 0 bridgehead atoms. The number of piperazine rings is 1. The highest BCUT2D eigenvalue weighted by Gasteiger charge is 2.25. The number of nitrogens with zero attached hydrogens (tertiary/aromatic N) is 3. The normalized spacial score (nSPS) is 18.6. The Bertz CT molecular complexity index is 1040. The standard InChI is InChI=1S/C25H34N4O3S/c1-21-7-6-8-23(19-21)28-17-15-27(16-18-28)20-25(30)26-22-9-11-24(12-10-22)33(31,32)29-13-4-2-3-5-14-29/h6-12,19H,2-5,13-18,20H2,1H3,(H,26,30). The van der Waals surface area contributed by atoms with E-state index in [0.29, 0.717) is 25.3 Å². The van der Waals surface area contributed by atoms with E-state index in [9.17, 15) is 13.2 Å². The van der Waals surface area contributed by atoms with Crippen molar-refractivity contribution in [3.05, 3.63) is 54.1 Å². The molecular weight excluding hydrogens is 436 g/mol. The topological polar surface area (TPSA) is 73.0 Å². The first kappa shape index (κ1) is 23.7. The van der Waals surface area contributed by atoms with Crippen LogP contribution in [0.3, 0.4) is 0 Å². The van der Waals surface area contributed by atoms with E-state index in [1.165, 1.54) is 11.3 Å². The van der Waals surface area contributed by atoms with Gasteiger partial charge in [0.25, 0.3) is 0 Å². The van der Waals surface area contributed by atoms with Crippen LogP contribution in [0.25, 0.3) is 0 Å². The fourth-order valence-electron chi connectivity index (χ4n) is 4.53. The third kappa shape index (κ3) is 6.13. The molecule has 8 heteroatoms. The van der Waals surface area contributed by atoms with Gasteiger partial charge in [0.05, 0.1) is 11.4 Å². The van der Waals surface area contributed by atoms with Crippen molar-refractivity contribution in [2.75, 3.05) is 56.0 Å². The highest BCUT2D eigenvalue weighted by atomic mass is 32.2. The summed E-state index contributed by atoms with van der Waals surface area (Å²) in [6.07, 6.45) is 3.98. The summed E-state index contributed by atoms with van der Waals surface area (Å²) in [6.45, 7) is 7.02. The van der Waals surface area contributed by atoms with Gasteiger partial charge in [-0.2, -0.15) is 4.31 Å². The number of hydrogen-bond donors (Lipinski definition) is 1. The Morgan fingerprint density at radius 2 is 1.55 bits per heavy atom. The second-order valence-corrected chi connectivity index (χ2v) is 10.9. The van der Waals surface area contributed by atoms with Crippen LogP contribution in [-0.2, 0) is 14.8 Å². The van der Waals surface area contributed by atoms with Crippen LogP contribution in [0.5, 0.6) is 0 Å². The van der Waals surface area contributed by atoms with Crippen molar-refractivity contribution in [2.24, 2.45) is 0 Å². The molecule has 2 heterocycles. The van der Waals surface area contributed by atoms with Gasteiger partial charge in [0, 0.05) is 50.6 Å². The number of nitrogens with one attached hydrogen (secondary N) is 1. The van der Waals surface area contributed by atoms with Crippen LogP contribution >= 0.6 is 0 Å². The van der Waals surface area contributed by atoms with Crippen molar-refractivity contribution in [3.63, 3.8) is 0 Å². The molecule has 1 amide bonds. The lowest BCUT2D eigenvalue weighted by Gasteiger charge is -2.35. The van der Waals surface area contributed by atoms with E-state index < -0.39 is 10.0 Å². The zero-order valence-corrected chi connectivity index (χ0v) is 20.2. The first-order valence-corrected chi connectivity index (χ1v) is 13.3. The molecule has 0 atom stereocenters. The molecule has 0 saturated carbocycles.